The minimum absolute atomic E-state index is 0.309. The number of pyridine rings is 1. The van der Waals surface area contributed by atoms with Crippen LogP contribution in [-0.2, 0) is 6.54 Å². The van der Waals surface area contributed by atoms with Gasteiger partial charge in [-0.2, -0.15) is 0 Å². The fourth-order valence-electron chi connectivity index (χ4n) is 3.95. The van der Waals surface area contributed by atoms with Crippen LogP contribution in [0.4, 0.5) is 19.1 Å². The minimum atomic E-state index is -2.50. The maximum absolute atomic E-state index is 14.1. The third kappa shape index (κ3) is 8.39. The molecular formula is C28H45F3N8. The molecule has 0 amide bonds. The lowest BCUT2D eigenvalue weighted by Crippen LogP contribution is -2.45. The number of rotatable bonds is 5. The largest absolute Gasteiger partial charge is 0.347 e. The molecule has 2 atom stereocenters. The van der Waals surface area contributed by atoms with Gasteiger partial charge in [0.05, 0.1) is 30.0 Å². The summed E-state index contributed by atoms with van der Waals surface area (Å²) in [7, 11) is 0. The molecular weight excluding hydrogens is 505 g/mol. The monoisotopic (exact) mass is 550 g/mol. The maximum Gasteiger partial charge on any atom is 0.256 e. The van der Waals surface area contributed by atoms with E-state index in [9.17, 15) is 13.2 Å². The molecule has 1 aliphatic heterocycles. The zero-order valence-corrected chi connectivity index (χ0v) is 24.8. The minimum Gasteiger partial charge on any atom is -0.347 e. The van der Waals surface area contributed by atoms with Crippen molar-refractivity contribution in [1.82, 2.24) is 34.4 Å². The first-order chi connectivity index (χ1) is 19.0. The van der Waals surface area contributed by atoms with Crippen LogP contribution >= 0.6 is 0 Å². The first kappa shape index (κ1) is 33.8. The van der Waals surface area contributed by atoms with E-state index in [0.717, 1.165) is 12.1 Å². The van der Waals surface area contributed by atoms with Crippen LogP contribution in [-0.4, -0.2) is 60.9 Å². The number of hydrogen-bond acceptors (Lipinski definition) is 6. The van der Waals surface area contributed by atoms with Gasteiger partial charge in [0, 0.05) is 18.3 Å². The molecule has 0 aromatic carbocycles. The van der Waals surface area contributed by atoms with E-state index in [1.54, 1.807) is 36.0 Å². The van der Waals surface area contributed by atoms with Gasteiger partial charge in [0.2, 0.25) is 5.95 Å². The second-order valence-electron chi connectivity index (χ2n) is 7.60. The van der Waals surface area contributed by atoms with E-state index in [4.69, 9.17) is 0 Å². The zero-order valence-electron chi connectivity index (χ0n) is 24.8. The van der Waals surface area contributed by atoms with Crippen molar-refractivity contribution in [2.24, 2.45) is 0 Å². The Labute approximate surface area is 230 Å². The van der Waals surface area contributed by atoms with Crippen molar-refractivity contribution in [3.63, 3.8) is 0 Å². The topological polar surface area (TPSA) is 85.0 Å². The molecule has 1 saturated heterocycles. The Morgan fingerprint density at radius 2 is 1.72 bits per heavy atom. The van der Waals surface area contributed by atoms with Crippen LogP contribution < -0.4 is 10.6 Å². The van der Waals surface area contributed by atoms with Crippen molar-refractivity contribution in [3.8, 4) is 11.3 Å². The van der Waals surface area contributed by atoms with Crippen molar-refractivity contribution < 1.29 is 13.2 Å². The Morgan fingerprint density at radius 1 is 1.03 bits per heavy atom. The molecule has 0 radical (unpaired) electrons. The van der Waals surface area contributed by atoms with Gasteiger partial charge in [-0.15, -0.1) is 5.10 Å². The van der Waals surface area contributed by atoms with Crippen molar-refractivity contribution in [1.29, 1.82) is 0 Å². The van der Waals surface area contributed by atoms with Crippen molar-refractivity contribution in [2.75, 3.05) is 18.4 Å². The van der Waals surface area contributed by atoms with Crippen LogP contribution in [0.5, 0.6) is 0 Å². The average molecular weight is 551 g/mol. The summed E-state index contributed by atoms with van der Waals surface area (Å²) < 4.78 is 43.1. The summed E-state index contributed by atoms with van der Waals surface area (Å²) >= 11 is 0. The lowest BCUT2D eigenvalue weighted by atomic mass is 10.1. The summed E-state index contributed by atoms with van der Waals surface area (Å²) in [4.78, 5) is 13.3. The van der Waals surface area contributed by atoms with E-state index in [-0.39, 0.29) is 6.04 Å². The summed E-state index contributed by atoms with van der Waals surface area (Å²) in [6.07, 6.45) is 0.549. The molecule has 11 heteroatoms. The van der Waals surface area contributed by atoms with Crippen LogP contribution in [0, 0.1) is 6.92 Å². The maximum atomic E-state index is 14.1. The van der Waals surface area contributed by atoms with Crippen molar-refractivity contribution in [3.05, 3.63) is 36.4 Å². The van der Waals surface area contributed by atoms with E-state index in [2.05, 4.69) is 30.7 Å². The zero-order chi connectivity index (χ0) is 29.5. The number of halogens is 3. The molecule has 0 aliphatic carbocycles. The van der Waals surface area contributed by atoms with E-state index < -0.39 is 19.1 Å². The molecule has 0 spiro atoms. The van der Waals surface area contributed by atoms with Gasteiger partial charge in [0.15, 0.2) is 5.65 Å². The van der Waals surface area contributed by atoms with Crippen LogP contribution in [0.2, 0.25) is 0 Å². The second kappa shape index (κ2) is 17.4. The Bertz CT molecular complexity index is 1240. The Morgan fingerprint density at radius 3 is 2.36 bits per heavy atom. The number of piperidine rings is 1. The summed E-state index contributed by atoms with van der Waals surface area (Å²) in [6.45, 7) is 18.3. The second-order valence-corrected chi connectivity index (χ2v) is 7.60. The Balaban J connectivity index is 0.000000874. The van der Waals surface area contributed by atoms with Gasteiger partial charge < -0.3 is 15.2 Å². The number of imidazole rings is 1. The van der Waals surface area contributed by atoms with Crippen LogP contribution in [0.25, 0.3) is 27.9 Å². The van der Waals surface area contributed by atoms with Crippen molar-refractivity contribution in [2.45, 2.75) is 93.9 Å². The number of aromatic nitrogens is 6. The molecule has 5 rings (SSSR count). The quantitative estimate of drug-likeness (QED) is 0.280. The van der Waals surface area contributed by atoms with Gasteiger partial charge in [-0.25, -0.2) is 32.6 Å². The fraction of sp³-hybridized carbons (Fsp3) is 0.571. The van der Waals surface area contributed by atoms with Gasteiger partial charge in [0.25, 0.3) is 6.43 Å². The molecule has 218 valence electrons. The fourth-order valence-corrected chi connectivity index (χ4v) is 3.95. The molecule has 5 heterocycles. The average Bonchev–Trinajstić information content (AvgIpc) is 3.54. The summed E-state index contributed by atoms with van der Waals surface area (Å²) in [5, 5.41) is 10.5. The molecule has 0 saturated carbocycles. The number of fused-ring (bicyclic) bond motifs is 2. The summed E-state index contributed by atoms with van der Waals surface area (Å²) in [6, 6.07) is 5.07. The molecule has 1 unspecified atom stereocenters. The number of aryl methyl sites for hydroxylation is 1. The Hall–Kier alpha value is -3.21. The third-order valence-electron chi connectivity index (χ3n) is 5.52. The molecule has 1 fully saturated rings. The predicted octanol–water partition coefficient (Wildman–Crippen LogP) is 6.93. The molecule has 8 nitrogen and oxygen atoms in total. The van der Waals surface area contributed by atoms with Crippen LogP contribution in [0.15, 0.2) is 30.6 Å². The van der Waals surface area contributed by atoms with E-state index in [0.29, 0.717) is 47.1 Å². The number of nitrogens with one attached hydrogen (secondary N) is 2. The molecule has 1 aliphatic rings. The van der Waals surface area contributed by atoms with Crippen molar-refractivity contribution >= 4 is 22.6 Å². The first-order valence-corrected chi connectivity index (χ1v) is 14.1. The van der Waals surface area contributed by atoms with E-state index >= 15 is 0 Å². The molecule has 4 aromatic heterocycles. The van der Waals surface area contributed by atoms with E-state index in [1.807, 2.05) is 61.5 Å². The van der Waals surface area contributed by atoms with Gasteiger partial charge >= 0.3 is 0 Å². The highest BCUT2D eigenvalue weighted by molar-refractivity contribution is 5.82. The smallest absolute Gasteiger partial charge is 0.256 e. The summed E-state index contributed by atoms with van der Waals surface area (Å²) in [5.41, 5.74) is 3.05. The predicted molar refractivity (Wildman–Crippen MR) is 155 cm³/mol. The highest BCUT2D eigenvalue weighted by atomic mass is 19.3. The normalized spacial score (nSPS) is 16.1. The number of alkyl halides is 3. The van der Waals surface area contributed by atoms with Crippen LogP contribution in [0.3, 0.4) is 0 Å². The lowest BCUT2D eigenvalue weighted by molar-refractivity contribution is 0.127. The first-order valence-electron chi connectivity index (χ1n) is 14.1. The van der Waals surface area contributed by atoms with Crippen LogP contribution in [0.1, 0.15) is 67.6 Å². The molecule has 0 bridgehead atoms. The number of hydrogen-bond donors (Lipinski definition) is 2. The highest BCUT2D eigenvalue weighted by Gasteiger charge is 2.25. The third-order valence-corrected chi connectivity index (χ3v) is 5.52. The SMILES string of the molecule is CC.CC.CC.CC.Cc1nc2ccc(-c3ccn4nc(N[C@@H]5CCNCC5F)ncc34)nc2n1CC(F)F. The standard InChI is InChI=1S/C20H21F3N8.4C2H6/c1-11-26-16-3-2-14(27-19(16)30(11)10-18(22)23)12-5-7-31-17(12)9-25-20(29-31)28-15-4-6-24-8-13(15)21;4*1-2/h2-3,5,7,9,13,15,18,24H,4,6,8,10H2,1H3,(H,28,29);4*1-2H3/t13?,15-;;;;/m1..../s1. The van der Waals surface area contributed by atoms with E-state index in [1.165, 1.54) is 4.57 Å². The molecule has 4 aromatic rings. The van der Waals surface area contributed by atoms with Gasteiger partial charge in [0.1, 0.15) is 17.5 Å². The van der Waals surface area contributed by atoms with Gasteiger partial charge in [-0.05, 0) is 38.1 Å². The van der Waals surface area contributed by atoms with Gasteiger partial charge in [-0.3, -0.25) is 0 Å². The molecule has 39 heavy (non-hydrogen) atoms. The lowest BCUT2D eigenvalue weighted by Gasteiger charge is -2.27. The number of nitrogens with zero attached hydrogens (tertiary/aromatic N) is 6. The van der Waals surface area contributed by atoms with Gasteiger partial charge in [-0.1, -0.05) is 55.4 Å². The Kier molecular flexibility index (Phi) is 15.1. The molecule has 2 N–H and O–H groups in total. The summed E-state index contributed by atoms with van der Waals surface area (Å²) in [5.74, 6) is 0.836. The number of anilines is 1. The highest BCUT2D eigenvalue weighted by Crippen LogP contribution is 2.26.